The minimum absolute atomic E-state index is 0.0608. The minimum atomic E-state index is -0.947. The first-order valence-corrected chi connectivity index (χ1v) is 16.8. The maximum absolute atomic E-state index is 14.7. The summed E-state index contributed by atoms with van der Waals surface area (Å²) in [4.78, 5) is 49.1. The van der Waals surface area contributed by atoms with E-state index >= 15 is 0 Å². The first-order chi connectivity index (χ1) is 21.3. The number of halogens is 2. The monoisotopic (exact) mass is 738 g/mol. The summed E-state index contributed by atoms with van der Waals surface area (Å²) in [7, 11) is 1.49. The molecule has 6 rings (SSSR count). The van der Waals surface area contributed by atoms with Gasteiger partial charge in [0.2, 0.25) is 11.8 Å². The maximum atomic E-state index is 14.7. The quantitative estimate of drug-likeness (QED) is 0.136. The largest absolute Gasteiger partial charge is 0.496 e. The third-order valence-corrected chi connectivity index (χ3v) is 10.4. The number of amides is 1. The van der Waals surface area contributed by atoms with Crippen LogP contribution in [0.4, 0.5) is 4.39 Å². The first-order valence-electron chi connectivity index (χ1n) is 14.4. The number of aryl methyl sites for hydroxylation is 1. The molecule has 4 aromatic rings. The Bertz CT molecular complexity index is 1780. The average Bonchev–Trinajstić information content (AvgIpc) is 3.68. The van der Waals surface area contributed by atoms with E-state index in [4.69, 9.17) is 18.6 Å². The van der Waals surface area contributed by atoms with Crippen LogP contribution in [-0.2, 0) is 20.8 Å². The number of carbonyl (C=O) groups is 1. The number of thiophene rings is 1. The number of hydrogen-bond donors (Lipinski definition) is 0. The molecule has 11 nitrogen and oxygen atoms in total. The van der Waals surface area contributed by atoms with Crippen LogP contribution in [-0.4, -0.2) is 62.4 Å². The van der Waals surface area contributed by atoms with Crippen molar-refractivity contribution in [3.05, 3.63) is 68.4 Å². The first kappa shape index (κ1) is 30.9. The van der Waals surface area contributed by atoms with Gasteiger partial charge in [-0.05, 0) is 56.4 Å². The fourth-order valence-corrected chi connectivity index (χ4v) is 7.92. The summed E-state index contributed by atoms with van der Waals surface area (Å²) in [6.45, 7) is 3.33. The SMILES string of the molecule is COc1ccc(F)cc1C(Cn1c(=O)n(C2CCCN(CI)C2=O)c(=O)c2c(C)c(-c3ncco3)sc21)OC1CCOCC1. The van der Waals surface area contributed by atoms with Crippen LogP contribution in [0.1, 0.15) is 49.0 Å². The molecule has 0 aliphatic carbocycles. The minimum Gasteiger partial charge on any atom is -0.496 e. The summed E-state index contributed by atoms with van der Waals surface area (Å²) < 4.78 is 41.0. The third kappa shape index (κ3) is 5.72. The fourth-order valence-electron chi connectivity index (χ4n) is 6.00. The number of piperidine rings is 1. The summed E-state index contributed by atoms with van der Waals surface area (Å²) in [6.07, 6.45) is 4.21. The molecule has 2 fully saturated rings. The van der Waals surface area contributed by atoms with E-state index in [1.54, 1.807) is 11.8 Å². The van der Waals surface area contributed by atoms with Gasteiger partial charge in [0, 0.05) is 25.3 Å². The van der Waals surface area contributed by atoms with Crippen LogP contribution in [0.2, 0.25) is 0 Å². The third-order valence-electron chi connectivity index (χ3n) is 8.24. The zero-order valence-corrected chi connectivity index (χ0v) is 27.3. The topological polar surface area (TPSA) is 118 Å². The number of nitrogens with zero attached hydrogens (tertiary/aromatic N) is 4. The highest BCUT2D eigenvalue weighted by Crippen LogP contribution is 2.38. The summed E-state index contributed by atoms with van der Waals surface area (Å²) >= 11 is 3.32. The molecule has 1 aromatic carbocycles. The molecule has 2 saturated heterocycles. The summed E-state index contributed by atoms with van der Waals surface area (Å²) in [5, 5.41) is 0.304. The van der Waals surface area contributed by atoms with Gasteiger partial charge in [0.25, 0.3) is 5.56 Å². The molecule has 14 heteroatoms. The summed E-state index contributed by atoms with van der Waals surface area (Å²) in [5.41, 5.74) is -0.138. The van der Waals surface area contributed by atoms with Crippen molar-refractivity contribution in [1.82, 2.24) is 19.0 Å². The number of oxazole rings is 1. The standard InChI is InChI=1S/C30H32FIN4O7S/c1-17-24-28(38)36(21-4-3-10-34(16-32)27(21)37)30(39)35(29(24)44-25(17)26-33-9-13-42-26)15-23(43-19-7-11-41-12-8-19)20-14-18(31)5-6-22(20)40-2/h5-6,9,13-14,19,21,23H,3-4,7-8,10-12,15-16H2,1-2H3. The second-order valence-corrected chi connectivity index (χ2v) is 12.5. The Hall–Kier alpha value is -3.08. The van der Waals surface area contributed by atoms with Gasteiger partial charge in [0.05, 0.1) is 40.8 Å². The molecule has 2 aliphatic heterocycles. The Morgan fingerprint density at radius 3 is 2.70 bits per heavy atom. The molecular formula is C30H32FIN4O7S. The fraction of sp³-hybridized carbons (Fsp3) is 0.467. The van der Waals surface area contributed by atoms with E-state index in [1.807, 2.05) is 0 Å². The van der Waals surface area contributed by atoms with Gasteiger partial charge in [-0.15, -0.1) is 11.3 Å². The summed E-state index contributed by atoms with van der Waals surface area (Å²) in [6, 6.07) is 3.23. The number of aromatic nitrogens is 3. The smallest absolute Gasteiger partial charge is 0.332 e. The van der Waals surface area contributed by atoms with Crippen LogP contribution in [0.25, 0.3) is 21.0 Å². The number of methoxy groups -OCH3 is 1. The van der Waals surface area contributed by atoms with Gasteiger partial charge in [0.15, 0.2) is 0 Å². The molecule has 3 aromatic heterocycles. The molecule has 2 aliphatic rings. The van der Waals surface area contributed by atoms with Gasteiger partial charge in [-0.2, -0.15) is 0 Å². The van der Waals surface area contributed by atoms with Crippen LogP contribution in [0, 0.1) is 12.7 Å². The molecule has 1 amide bonds. The van der Waals surface area contributed by atoms with E-state index < -0.39 is 29.2 Å². The zero-order valence-electron chi connectivity index (χ0n) is 24.3. The Morgan fingerprint density at radius 1 is 1.20 bits per heavy atom. The van der Waals surface area contributed by atoms with E-state index in [0.717, 1.165) is 4.57 Å². The number of fused-ring (bicyclic) bond motifs is 1. The molecule has 0 radical (unpaired) electrons. The Morgan fingerprint density at radius 2 is 2.00 bits per heavy atom. The van der Waals surface area contributed by atoms with Crippen molar-refractivity contribution in [2.75, 3.05) is 31.4 Å². The molecule has 0 bridgehead atoms. The lowest BCUT2D eigenvalue weighted by Crippen LogP contribution is -2.50. The maximum Gasteiger partial charge on any atom is 0.332 e. The predicted molar refractivity (Wildman–Crippen MR) is 170 cm³/mol. The van der Waals surface area contributed by atoms with E-state index in [9.17, 15) is 18.8 Å². The van der Waals surface area contributed by atoms with E-state index in [0.29, 0.717) is 87.9 Å². The Balaban J connectivity index is 1.57. The predicted octanol–water partition coefficient (Wildman–Crippen LogP) is 4.83. The molecule has 5 heterocycles. The highest BCUT2D eigenvalue weighted by Gasteiger charge is 2.35. The van der Waals surface area contributed by atoms with Gasteiger partial charge in [-0.1, -0.05) is 22.6 Å². The number of benzene rings is 1. The highest BCUT2D eigenvalue weighted by atomic mass is 127. The number of alkyl halides is 1. The molecule has 2 unspecified atom stereocenters. The number of ether oxygens (including phenoxy) is 3. The second kappa shape index (κ2) is 13.1. The van der Waals surface area contributed by atoms with Crippen molar-refractivity contribution in [2.24, 2.45) is 0 Å². The molecule has 0 saturated carbocycles. The van der Waals surface area contributed by atoms with E-state index in [1.165, 1.54) is 53.7 Å². The zero-order chi connectivity index (χ0) is 31.0. The van der Waals surface area contributed by atoms with Crippen LogP contribution >= 0.6 is 33.9 Å². The van der Waals surface area contributed by atoms with Gasteiger partial charge in [0.1, 0.15) is 34.8 Å². The van der Waals surface area contributed by atoms with Crippen molar-refractivity contribution in [3.63, 3.8) is 0 Å². The average molecular weight is 739 g/mol. The van der Waals surface area contributed by atoms with Gasteiger partial charge >= 0.3 is 5.69 Å². The van der Waals surface area contributed by atoms with Gasteiger partial charge < -0.3 is 23.5 Å². The lowest BCUT2D eigenvalue weighted by atomic mass is 10.0. The van der Waals surface area contributed by atoms with Gasteiger partial charge in [-0.3, -0.25) is 14.2 Å². The van der Waals surface area contributed by atoms with Crippen molar-refractivity contribution >= 4 is 50.1 Å². The van der Waals surface area contributed by atoms with Crippen molar-refractivity contribution in [2.45, 2.75) is 57.4 Å². The van der Waals surface area contributed by atoms with Crippen LogP contribution < -0.4 is 16.0 Å². The normalized spacial score (nSPS) is 18.7. The lowest BCUT2D eigenvalue weighted by Gasteiger charge is -2.32. The highest BCUT2D eigenvalue weighted by molar-refractivity contribution is 14.1. The van der Waals surface area contributed by atoms with Crippen LogP contribution in [0.3, 0.4) is 0 Å². The molecule has 44 heavy (non-hydrogen) atoms. The number of carbonyl (C=O) groups excluding carboxylic acids is 1. The van der Waals surface area contributed by atoms with Crippen LogP contribution in [0.15, 0.2) is 44.7 Å². The Kier molecular flexibility index (Phi) is 9.21. The second-order valence-electron chi connectivity index (χ2n) is 10.8. The molecule has 0 spiro atoms. The van der Waals surface area contributed by atoms with Crippen molar-refractivity contribution < 1.29 is 27.8 Å². The molecule has 2 atom stereocenters. The number of likely N-dealkylation sites (tertiary alicyclic amines) is 1. The number of hydrogen-bond acceptors (Lipinski definition) is 9. The Labute approximate surface area is 269 Å². The molecule has 234 valence electrons. The van der Waals surface area contributed by atoms with Crippen molar-refractivity contribution in [3.8, 4) is 16.5 Å². The van der Waals surface area contributed by atoms with E-state index in [2.05, 4.69) is 27.6 Å². The van der Waals surface area contributed by atoms with Crippen molar-refractivity contribution in [1.29, 1.82) is 0 Å². The molecule has 0 N–H and O–H groups in total. The number of rotatable bonds is 9. The molecular weight excluding hydrogens is 706 g/mol. The van der Waals surface area contributed by atoms with Gasteiger partial charge in [-0.25, -0.2) is 18.7 Å². The van der Waals surface area contributed by atoms with E-state index in [-0.39, 0.29) is 18.6 Å². The summed E-state index contributed by atoms with van der Waals surface area (Å²) in [5.74, 6) is -0.0172. The van der Waals surface area contributed by atoms with Crippen LogP contribution in [0.5, 0.6) is 5.75 Å². The lowest BCUT2D eigenvalue weighted by molar-refractivity contribution is -0.136.